The fraction of sp³-hybridized carbons (Fsp3) is 0.588. The third-order valence-electron chi connectivity index (χ3n) is 4.03. The molecule has 0 aromatic carbocycles. The molecule has 0 bridgehead atoms. The van der Waals surface area contributed by atoms with Crippen LogP contribution in [0.5, 0.6) is 0 Å². The van der Waals surface area contributed by atoms with Crippen LogP contribution >= 0.6 is 0 Å². The number of methoxy groups -OCH3 is 1. The molecule has 0 aliphatic carbocycles. The highest BCUT2D eigenvalue weighted by atomic mass is 16.5. The number of ether oxygens (including phenoxy) is 1. The maximum absolute atomic E-state index is 5.13. The number of piperidine rings is 1. The number of pyridine rings is 1. The fourth-order valence-corrected chi connectivity index (χ4v) is 3.12. The fourth-order valence-electron chi connectivity index (χ4n) is 3.12. The zero-order valence-electron chi connectivity index (χ0n) is 14.3. The van der Waals surface area contributed by atoms with E-state index in [1.54, 1.807) is 19.5 Å². The summed E-state index contributed by atoms with van der Waals surface area (Å²) in [5.41, 5.74) is 1.82. The third kappa shape index (κ3) is 4.59. The molecule has 1 aromatic heterocycles. The summed E-state index contributed by atoms with van der Waals surface area (Å²) >= 11 is 0. The van der Waals surface area contributed by atoms with Crippen LogP contribution in [0.25, 0.3) is 0 Å². The second-order valence-corrected chi connectivity index (χ2v) is 5.94. The number of nitrogens with one attached hydrogen (secondary N) is 1. The average Bonchev–Trinajstić information content (AvgIpc) is 2.54. The first-order chi connectivity index (χ1) is 11.2. The van der Waals surface area contributed by atoms with E-state index in [9.17, 15) is 0 Å². The zero-order chi connectivity index (χ0) is 16.7. The van der Waals surface area contributed by atoms with Gasteiger partial charge in [0.1, 0.15) is 5.69 Å². The van der Waals surface area contributed by atoms with Gasteiger partial charge in [0.25, 0.3) is 0 Å². The number of nitrogens with zero attached hydrogens (tertiary/aromatic N) is 4. The SMILES string of the molecule is C=Nc1c(N2C[C@@H](C)C[C@@H](NCCOC)C2)ccnc1/N=C\C. The minimum atomic E-state index is 0.442. The molecule has 23 heavy (non-hydrogen) atoms. The van der Waals surface area contributed by atoms with Gasteiger partial charge in [0.2, 0.25) is 0 Å². The lowest BCUT2D eigenvalue weighted by molar-refractivity contribution is 0.192. The van der Waals surface area contributed by atoms with Crippen LogP contribution < -0.4 is 10.2 Å². The van der Waals surface area contributed by atoms with Crippen molar-refractivity contribution >= 4 is 30.1 Å². The number of aliphatic imine (C=N–C) groups is 2. The molecule has 0 radical (unpaired) electrons. The summed E-state index contributed by atoms with van der Waals surface area (Å²) in [7, 11) is 1.73. The van der Waals surface area contributed by atoms with E-state index in [-0.39, 0.29) is 0 Å². The minimum absolute atomic E-state index is 0.442. The normalized spacial score (nSPS) is 21.8. The molecule has 2 atom stereocenters. The number of hydrogen-bond acceptors (Lipinski definition) is 6. The summed E-state index contributed by atoms with van der Waals surface area (Å²) in [4.78, 5) is 15.1. The predicted molar refractivity (Wildman–Crippen MR) is 96.9 cm³/mol. The van der Waals surface area contributed by atoms with Gasteiger partial charge in [-0.3, -0.25) is 4.99 Å². The minimum Gasteiger partial charge on any atom is -0.383 e. The molecule has 1 N–H and O–H groups in total. The molecule has 1 aliphatic heterocycles. The summed E-state index contributed by atoms with van der Waals surface area (Å²) in [6.45, 7) is 11.4. The van der Waals surface area contributed by atoms with Crippen molar-refractivity contribution in [1.29, 1.82) is 0 Å². The van der Waals surface area contributed by atoms with Gasteiger partial charge in [0, 0.05) is 45.2 Å². The van der Waals surface area contributed by atoms with Crippen molar-refractivity contribution in [2.75, 3.05) is 38.3 Å². The van der Waals surface area contributed by atoms with E-state index in [1.807, 2.05) is 13.0 Å². The Bertz CT molecular complexity index is 546. The Morgan fingerprint density at radius 1 is 1.52 bits per heavy atom. The van der Waals surface area contributed by atoms with E-state index < -0.39 is 0 Å². The van der Waals surface area contributed by atoms with Gasteiger partial charge in [0.15, 0.2) is 5.82 Å². The largest absolute Gasteiger partial charge is 0.383 e. The third-order valence-corrected chi connectivity index (χ3v) is 4.03. The molecule has 2 rings (SSSR count). The van der Waals surface area contributed by atoms with Crippen molar-refractivity contribution in [2.24, 2.45) is 15.9 Å². The van der Waals surface area contributed by atoms with E-state index in [0.717, 1.165) is 37.6 Å². The van der Waals surface area contributed by atoms with Gasteiger partial charge in [-0.2, -0.15) is 0 Å². The first-order valence-corrected chi connectivity index (χ1v) is 8.11. The molecule has 1 aromatic rings. The summed E-state index contributed by atoms with van der Waals surface area (Å²) < 4.78 is 5.13. The Kier molecular flexibility index (Phi) is 6.67. The van der Waals surface area contributed by atoms with E-state index >= 15 is 0 Å². The quantitative estimate of drug-likeness (QED) is 0.620. The van der Waals surface area contributed by atoms with E-state index in [1.165, 1.54) is 6.42 Å². The molecule has 0 amide bonds. The van der Waals surface area contributed by atoms with Gasteiger partial charge in [-0.25, -0.2) is 9.98 Å². The topological polar surface area (TPSA) is 62.1 Å². The Labute approximate surface area is 138 Å². The van der Waals surface area contributed by atoms with Crippen LogP contribution in [0.1, 0.15) is 20.3 Å². The molecule has 0 saturated carbocycles. The highest BCUT2D eigenvalue weighted by molar-refractivity contribution is 5.79. The Hall–Kier alpha value is -1.79. The predicted octanol–water partition coefficient (Wildman–Crippen LogP) is 2.59. The van der Waals surface area contributed by atoms with Crippen LogP contribution in [0, 0.1) is 5.92 Å². The maximum Gasteiger partial charge on any atom is 0.179 e. The summed E-state index contributed by atoms with van der Waals surface area (Å²) in [6.07, 6.45) is 4.69. The second-order valence-electron chi connectivity index (χ2n) is 5.94. The lowest BCUT2D eigenvalue weighted by Gasteiger charge is -2.38. The van der Waals surface area contributed by atoms with E-state index in [2.05, 4.69) is 38.8 Å². The van der Waals surface area contributed by atoms with E-state index in [4.69, 9.17) is 4.74 Å². The van der Waals surface area contributed by atoms with Crippen molar-refractivity contribution in [3.63, 3.8) is 0 Å². The highest BCUT2D eigenvalue weighted by Crippen LogP contribution is 2.37. The molecule has 1 saturated heterocycles. The van der Waals surface area contributed by atoms with Gasteiger partial charge in [0.05, 0.1) is 12.3 Å². The molecular weight excluding hydrogens is 290 g/mol. The van der Waals surface area contributed by atoms with Crippen LogP contribution in [0.15, 0.2) is 22.2 Å². The van der Waals surface area contributed by atoms with Crippen molar-refractivity contribution in [2.45, 2.75) is 26.3 Å². The van der Waals surface area contributed by atoms with Crippen LogP contribution in [-0.4, -0.2) is 57.3 Å². The van der Waals surface area contributed by atoms with Gasteiger partial charge >= 0.3 is 0 Å². The van der Waals surface area contributed by atoms with Crippen molar-refractivity contribution in [3.8, 4) is 0 Å². The lowest BCUT2D eigenvalue weighted by atomic mass is 9.95. The van der Waals surface area contributed by atoms with Crippen molar-refractivity contribution in [1.82, 2.24) is 10.3 Å². The van der Waals surface area contributed by atoms with Gasteiger partial charge < -0.3 is 15.0 Å². The molecule has 0 unspecified atom stereocenters. The summed E-state index contributed by atoms with van der Waals surface area (Å²) in [6, 6.07) is 2.45. The molecule has 6 nitrogen and oxygen atoms in total. The number of rotatable bonds is 7. The molecule has 1 aliphatic rings. The van der Waals surface area contributed by atoms with Crippen molar-refractivity contribution in [3.05, 3.63) is 12.3 Å². The van der Waals surface area contributed by atoms with Gasteiger partial charge in [-0.1, -0.05) is 6.92 Å². The Morgan fingerprint density at radius 2 is 2.35 bits per heavy atom. The zero-order valence-corrected chi connectivity index (χ0v) is 14.3. The number of anilines is 1. The number of hydrogen-bond donors (Lipinski definition) is 1. The smallest absolute Gasteiger partial charge is 0.179 e. The maximum atomic E-state index is 5.13. The first-order valence-electron chi connectivity index (χ1n) is 8.11. The molecule has 0 spiro atoms. The van der Waals surface area contributed by atoms with Crippen LogP contribution in [0.2, 0.25) is 0 Å². The Morgan fingerprint density at radius 3 is 3.04 bits per heavy atom. The van der Waals surface area contributed by atoms with Crippen molar-refractivity contribution < 1.29 is 4.74 Å². The average molecular weight is 317 g/mol. The molecule has 1 fully saturated rings. The molecular formula is C17H27N5O. The second kappa shape index (κ2) is 8.74. The van der Waals surface area contributed by atoms with E-state index in [0.29, 0.717) is 17.8 Å². The standard InChI is InChI=1S/C17H27N5O/c1-5-19-17-16(18-3)15(6-7-21-17)22-11-13(2)10-14(12-22)20-8-9-23-4/h5-7,13-14,20H,3,8-12H2,1-2,4H3/b19-5-/t13-,14+/m0/s1. The monoisotopic (exact) mass is 317 g/mol. The summed E-state index contributed by atoms with van der Waals surface area (Å²) in [5, 5.41) is 3.57. The number of aromatic nitrogens is 1. The van der Waals surface area contributed by atoms with Crippen LogP contribution in [0.3, 0.4) is 0 Å². The molecule has 6 heteroatoms. The lowest BCUT2D eigenvalue weighted by Crippen LogP contribution is -2.49. The van der Waals surface area contributed by atoms with Crippen LogP contribution in [0.4, 0.5) is 17.2 Å². The van der Waals surface area contributed by atoms with Crippen LogP contribution in [-0.2, 0) is 4.74 Å². The molecule has 126 valence electrons. The van der Waals surface area contributed by atoms with Gasteiger partial charge in [-0.15, -0.1) is 0 Å². The van der Waals surface area contributed by atoms with Gasteiger partial charge in [-0.05, 0) is 32.0 Å². The highest BCUT2D eigenvalue weighted by Gasteiger charge is 2.26. The summed E-state index contributed by atoms with van der Waals surface area (Å²) in [5.74, 6) is 1.23. The Balaban J connectivity index is 2.19. The first kappa shape index (κ1) is 17.6. The molecule has 2 heterocycles.